The Morgan fingerprint density at radius 3 is 2.95 bits per heavy atom. The van der Waals surface area contributed by atoms with Crippen molar-refractivity contribution in [3.05, 3.63) is 35.4 Å². The minimum Gasteiger partial charge on any atom is -0.316 e. The smallest absolute Gasteiger partial charge is 0.00224 e. The Bertz CT molecular complexity index is 375. The van der Waals surface area contributed by atoms with Crippen LogP contribution in [0.4, 0.5) is 0 Å². The molecule has 0 saturated carbocycles. The van der Waals surface area contributed by atoms with Crippen molar-refractivity contribution in [3.63, 3.8) is 0 Å². The second-order valence-electron chi connectivity index (χ2n) is 5.84. The van der Waals surface area contributed by atoms with Crippen molar-refractivity contribution in [2.24, 2.45) is 5.92 Å². The highest BCUT2D eigenvalue weighted by Gasteiger charge is 2.21. The van der Waals surface area contributed by atoms with Crippen LogP contribution in [0.3, 0.4) is 0 Å². The SMILES string of the molecule is CCCNCC1CCN(CCc2ccccc2C)C1. The number of nitrogens with one attached hydrogen (secondary N) is 1. The summed E-state index contributed by atoms with van der Waals surface area (Å²) in [6, 6.07) is 8.77. The van der Waals surface area contributed by atoms with Gasteiger partial charge < -0.3 is 10.2 Å². The molecule has 19 heavy (non-hydrogen) atoms. The first-order valence-corrected chi connectivity index (χ1v) is 7.77. The van der Waals surface area contributed by atoms with Gasteiger partial charge in [0.2, 0.25) is 0 Å². The van der Waals surface area contributed by atoms with Gasteiger partial charge in [-0.3, -0.25) is 0 Å². The Kier molecular flexibility index (Phi) is 5.87. The number of aryl methyl sites for hydroxylation is 1. The van der Waals surface area contributed by atoms with E-state index in [-0.39, 0.29) is 0 Å². The average Bonchev–Trinajstić information content (AvgIpc) is 2.86. The van der Waals surface area contributed by atoms with Gasteiger partial charge in [-0.05, 0) is 62.9 Å². The molecule has 1 aliphatic heterocycles. The van der Waals surface area contributed by atoms with Gasteiger partial charge >= 0.3 is 0 Å². The molecule has 2 rings (SSSR count). The van der Waals surface area contributed by atoms with E-state index in [1.54, 1.807) is 0 Å². The monoisotopic (exact) mass is 260 g/mol. The molecular weight excluding hydrogens is 232 g/mol. The number of rotatable bonds is 7. The zero-order chi connectivity index (χ0) is 13.5. The van der Waals surface area contributed by atoms with E-state index in [2.05, 4.69) is 48.3 Å². The molecule has 0 spiro atoms. The third-order valence-corrected chi connectivity index (χ3v) is 4.19. The molecule has 0 aromatic heterocycles. The maximum absolute atomic E-state index is 3.55. The molecular formula is C17H28N2. The van der Waals surface area contributed by atoms with E-state index in [1.165, 1.54) is 63.1 Å². The van der Waals surface area contributed by atoms with Gasteiger partial charge in [-0.2, -0.15) is 0 Å². The molecule has 1 aliphatic rings. The summed E-state index contributed by atoms with van der Waals surface area (Å²) in [4.78, 5) is 2.63. The molecule has 1 N–H and O–H groups in total. The Morgan fingerprint density at radius 1 is 1.32 bits per heavy atom. The van der Waals surface area contributed by atoms with Crippen molar-refractivity contribution in [1.29, 1.82) is 0 Å². The van der Waals surface area contributed by atoms with Crippen LogP contribution < -0.4 is 5.32 Å². The van der Waals surface area contributed by atoms with Crippen LogP contribution in [0.25, 0.3) is 0 Å². The van der Waals surface area contributed by atoms with Crippen molar-refractivity contribution < 1.29 is 0 Å². The van der Waals surface area contributed by atoms with Gasteiger partial charge in [0.15, 0.2) is 0 Å². The second-order valence-corrected chi connectivity index (χ2v) is 5.84. The van der Waals surface area contributed by atoms with Crippen LogP contribution in [0.15, 0.2) is 24.3 Å². The molecule has 1 unspecified atom stereocenters. The van der Waals surface area contributed by atoms with Gasteiger partial charge in [-0.15, -0.1) is 0 Å². The van der Waals surface area contributed by atoms with Crippen LogP contribution >= 0.6 is 0 Å². The molecule has 0 radical (unpaired) electrons. The first-order chi connectivity index (χ1) is 9.29. The summed E-state index contributed by atoms with van der Waals surface area (Å²) in [6.07, 6.45) is 3.80. The number of benzene rings is 1. The van der Waals surface area contributed by atoms with E-state index in [0.29, 0.717) is 0 Å². The summed E-state index contributed by atoms with van der Waals surface area (Å²) in [5.41, 5.74) is 2.94. The second kappa shape index (κ2) is 7.66. The van der Waals surface area contributed by atoms with E-state index in [0.717, 1.165) is 5.92 Å². The van der Waals surface area contributed by atoms with Gasteiger partial charge in [0.1, 0.15) is 0 Å². The molecule has 1 atom stereocenters. The van der Waals surface area contributed by atoms with Gasteiger partial charge in [0.25, 0.3) is 0 Å². The fourth-order valence-corrected chi connectivity index (χ4v) is 2.93. The fraction of sp³-hybridized carbons (Fsp3) is 0.647. The highest BCUT2D eigenvalue weighted by molar-refractivity contribution is 5.25. The normalized spacial score (nSPS) is 20.0. The van der Waals surface area contributed by atoms with Gasteiger partial charge in [0, 0.05) is 13.1 Å². The summed E-state index contributed by atoms with van der Waals surface area (Å²) in [7, 11) is 0. The topological polar surface area (TPSA) is 15.3 Å². The third kappa shape index (κ3) is 4.63. The zero-order valence-corrected chi connectivity index (χ0v) is 12.5. The first-order valence-electron chi connectivity index (χ1n) is 7.77. The summed E-state index contributed by atoms with van der Waals surface area (Å²) in [5.74, 6) is 0.864. The quantitative estimate of drug-likeness (QED) is 0.758. The lowest BCUT2D eigenvalue weighted by Gasteiger charge is -2.17. The van der Waals surface area contributed by atoms with E-state index in [1.807, 2.05) is 0 Å². The molecule has 1 fully saturated rings. The van der Waals surface area contributed by atoms with Crippen LogP contribution in [0.5, 0.6) is 0 Å². The predicted molar refractivity (Wildman–Crippen MR) is 82.6 cm³/mol. The molecule has 1 heterocycles. The van der Waals surface area contributed by atoms with E-state index in [4.69, 9.17) is 0 Å². The van der Waals surface area contributed by atoms with E-state index < -0.39 is 0 Å². The van der Waals surface area contributed by atoms with Crippen LogP contribution in [0.2, 0.25) is 0 Å². The third-order valence-electron chi connectivity index (χ3n) is 4.19. The molecule has 106 valence electrons. The van der Waals surface area contributed by atoms with Crippen LogP contribution in [0.1, 0.15) is 30.9 Å². The molecule has 1 aromatic rings. The summed E-state index contributed by atoms with van der Waals surface area (Å²) < 4.78 is 0. The predicted octanol–water partition coefficient (Wildman–Crippen LogP) is 2.86. The standard InChI is InChI=1S/C17H28N2/c1-3-10-18-13-16-8-11-19(14-16)12-9-17-7-5-4-6-15(17)2/h4-7,16,18H,3,8-14H2,1-2H3. The Labute approximate surface area is 118 Å². The molecule has 2 nitrogen and oxygen atoms in total. The lowest BCUT2D eigenvalue weighted by Crippen LogP contribution is -2.28. The zero-order valence-electron chi connectivity index (χ0n) is 12.5. The van der Waals surface area contributed by atoms with Crippen molar-refractivity contribution >= 4 is 0 Å². The van der Waals surface area contributed by atoms with Crippen molar-refractivity contribution in [1.82, 2.24) is 10.2 Å². The molecule has 0 amide bonds. The molecule has 1 aromatic carbocycles. The molecule has 0 bridgehead atoms. The first kappa shape index (κ1) is 14.5. The summed E-state index contributed by atoms with van der Waals surface area (Å²) >= 11 is 0. The largest absolute Gasteiger partial charge is 0.316 e. The number of likely N-dealkylation sites (tertiary alicyclic amines) is 1. The number of hydrogen-bond donors (Lipinski definition) is 1. The van der Waals surface area contributed by atoms with E-state index in [9.17, 15) is 0 Å². The van der Waals surface area contributed by atoms with Gasteiger partial charge in [-0.25, -0.2) is 0 Å². The summed E-state index contributed by atoms with van der Waals surface area (Å²) in [5, 5.41) is 3.55. The van der Waals surface area contributed by atoms with Crippen molar-refractivity contribution in [2.75, 3.05) is 32.7 Å². The van der Waals surface area contributed by atoms with Gasteiger partial charge in [-0.1, -0.05) is 31.2 Å². The Morgan fingerprint density at radius 2 is 2.16 bits per heavy atom. The van der Waals surface area contributed by atoms with Crippen LogP contribution in [-0.2, 0) is 6.42 Å². The number of nitrogens with zero attached hydrogens (tertiary/aromatic N) is 1. The van der Waals surface area contributed by atoms with Crippen molar-refractivity contribution in [2.45, 2.75) is 33.1 Å². The highest BCUT2D eigenvalue weighted by atomic mass is 15.1. The summed E-state index contributed by atoms with van der Waals surface area (Å²) in [6.45, 7) is 10.6. The Balaban J connectivity index is 1.69. The van der Waals surface area contributed by atoms with Crippen molar-refractivity contribution in [3.8, 4) is 0 Å². The van der Waals surface area contributed by atoms with E-state index >= 15 is 0 Å². The highest BCUT2D eigenvalue weighted by Crippen LogP contribution is 2.16. The Hall–Kier alpha value is -0.860. The maximum atomic E-state index is 3.55. The van der Waals surface area contributed by atoms with Crippen LogP contribution in [0, 0.1) is 12.8 Å². The minimum absolute atomic E-state index is 0.864. The fourth-order valence-electron chi connectivity index (χ4n) is 2.93. The number of hydrogen-bond acceptors (Lipinski definition) is 2. The molecule has 0 aliphatic carbocycles. The minimum atomic E-state index is 0.864. The molecule has 1 saturated heterocycles. The van der Waals surface area contributed by atoms with Crippen LogP contribution in [-0.4, -0.2) is 37.6 Å². The lowest BCUT2D eigenvalue weighted by molar-refractivity contribution is 0.325. The maximum Gasteiger partial charge on any atom is 0.00224 e. The molecule has 2 heteroatoms. The average molecular weight is 260 g/mol. The lowest BCUT2D eigenvalue weighted by atomic mass is 10.1. The van der Waals surface area contributed by atoms with Gasteiger partial charge in [0.05, 0.1) is 0 Å².